The highest BCUT2D eigenvalue weighted by Gasteiger charge is 2.19. The lowest BCUT2D eigenvalue weighted by atomic mass is 10.2. The van der Waals surface area contributed by atoms with Crippen molar-refractivity contribution in [2.75, 3.05) is 14.1 Å². The van der Waals surface area contributed by atoms with Gasteiger partial charge in [0.15, 0.2) is 0 Å². The third kappa shape index (κ3) is 1.68. The molecule has 1 heterocycles. The Morgan fingerprint density at radius 1 is 1.19 bits per heavy atom. The van der Waals surface area contributed by atoms with E-state index in [4.69, 9.17) is 0 Å². The Hall–Kier alpha value is -1.46. The van der Waals surface area contributed by atoms with Crippen LogP contribution in [0.1, 0.15) is 0 Å². The Balaban J connectivity index is 2.80. The first-order valence-corrected chi connectivity index (χ1v) is 6.23. The molecule has 0 aliphatic heterocycles. The Bertz CT molecular complexity index is 615. The van der Waals surface area contributed by atoms with Gasteiger partial charge in [-0.25, -0.2) is 12.7 Å². The zero-order valence-electron chi connectivity index (χ0n) is 9.08. The number of fused-ring (bicyclic) bond motifs is 1. The highest BCUT2D eigenvalue weighted by Crippen LogP contribution is 2.23. The van der Waals surface area contributed by atoms with Crippen LogP contribution >= 0.6 is 0 Å². The second-order valence-corrected chi connectivity index (χ2v) is 5.76. The van der Waals surface area contributed by atoms with Crippen LogP contribution in [0, 0.1) is 0 Å². The molecular weight excluding hydrogens is 224 g/mol. The summed E-state index contributed by atoms with van der Waals surface area (Å²) < 4.78 is 25.3. The van der Waals surface area contributed by atoms with Crippen LogP contribution in [0.25, 0.3) is 10.8 Å². The van der Waals surface area contributed by atoms with E-state index in [2.05, 4.69) is 4.98 Å². The number of rotatable bonds is 2. The lowest BCUT2D eigenvalue weighted by molar-refractivity contribution is 0.521. The van der Waals surface area contributed by atoms with Crippen LogP contribution in [0.4, 0.5) is 0 Å². The predicted octanol–water partition coefficient (Wildman–Crippen LogP) is 1.49. The first-order valence-electron chi connectivity index (χ1n) is 4.79. The fraction of sp³-hybridized carbons (Fsp3) is 0.182. The smallest absolute Gasteiger partial charge is 0.243 e. The van der Waals surface area contributed by atoms with Gasteiger partial charge in [-0.2, -0.15) is 0 Å². The van der Waals surface area contributed by atoms with Gasteiger partial charge in [0.1, 0.15) is 0 Å². The minimum atomic E-state index is -3.40. The first kappa shape index (κ1) is 11.0. The number of benzene rings is 1. The third-order valence-corrected chi connectivity index (χ3v) is 4.27. The van der Waals surface area contributed by atoms with Crippen molar-refractivity contribution in [1.82, 2.24) is 9.29 Å². The van der Waals surface area contributed by atoms with Gasteiger partial charge in [0.25, 0.3) is 0 Å². The molecule has 0 saturated heterocycles. The van der Waals surface area contributed by atoms with Crippen LogP contribution in [-0.4, -0.2) is 31.8 Å². The molecule has 0 N–H and O–H groups in total. The molecule has 1 aromatic heterocycles. The van der Waals surface area contributed by atoms with E-state index in [9.17, 15) is 8.42 Å². The van der Waals surface area contributed by atoms with E-state index < -0.39 is 10.0 Å². The maximum atomic E-state index is 12.1. The quantitative estimate of drug-likeness (QED) is 0.793. The number of sulfonamides is 1. The van der Waals surface area contributed by atoms with Gasteiger partial charge in [-0.1, -0.05) is 12.1 Å². The minimum absolute atomic E-state index is 0.317. The van der Waals surface area contributed by atoms with Crippen LogP contribution in [-0.2, 0) is 10.0 Å². The third-order valence-electron chi connectivity index (χ3n) is 2.40. The molecule has 2 aromatic rings. The standard InChI is InChI=1S/C11H12N2O2S/c1-13(2)16(14,15)11-5-3-4-9-8-12-7-6-10(9)11/h3-8H,1-2H3. The summed E-state index contributed by atoms with van der Waals surface area (Å²) >= 11 is 0. The van der Waals surface area contributed by atoms with Crippen molar-refractivity contribution in [1.29, 1.82) is 0 Å². The van der Waals surface area contributed by atoms with Crippen molar-refractivity contribution >= 4 is 20.8 Å². The Kier molecular flexibility index (Phi) is 2.65. The molecule has 2 rings (SSSR count). The SMILES string of the molecule is CN(C)S(=O)(=O)c1cccc2cnccc12. The molecule has 0 amide bonds. The Labute approximate surface area is 94.6 Å². The molecule has 0 aliphatic carbocycles. The summed E-state index contributed by atoms with van der Waals surface area (Å²) in [5, 5.41) is 1.52. The monoisotopic (exact) mass is 236 g/mol. The normalized spacial score (nSPS) is 12.2. The molecule has 4 nitrogen and oxygen atoms in total. The van der Waals surface area contributed by atoms with Gasteiger partial charge >= 0.3 is 0 Å². The van der Waals surface area contributed by atoms with Crippen LogP contribution in [0.5, 0.6) is 0 Å². The molecule has 0 aliphatic rings. The van der Waals surface area contributed by atoms with Crippen molar-refractivity contribution < 1.29 is 8.42 Å². The van der Waals surface area contributed by atoms with Gasteiger partial charge in [0.2, 0.25) is 10.0 Å². The van der Waals surface area contributed by atoms with Crippen molar-refractivity contribution in [2.24, 2.45) is 0 Å². The van der Waals surface area contributed by atoms with Crippen molar-refractivity contribution in [3.05, 3.63) is 36.7 Å². The largest absolute Gasteiger partial charge is 0.264 e. The summed E-state index contributed by atoms with van der Waals surface area (Å²) in [6.07, 6.45) is 3.25. The topological polar surface area (TPSA) is 50.3 Å². The average molecular weight is 236 g/mol. The maximum absolute atomic E-state index is 12.1. The zero-order chi connectivity index (χ0) is 11.8. The summed E-state index contributed by atoms with van der Waals surface area (Å²) in [6.45, 7) is 0. The van der Waals surface area contributed by atoms with E-state index in [1.165, 1.54) is 18.4 Å². The molecule has 0 spiro atoms. The maximum Gasteiger partial charge on any atom is 0.243 e. The van der Waals surface area contributed by atoms with E-state index >= 15 is 0 Å². The molecule has 0 fully saturated rings. The van der Waals surface area contributed by atoms with Gasteiger partial charge in [-0.15, -0.1) is 0 Å². The van der Waals surface area contributed by atoms with Crippen LogP contribution in [0.15, 0.2) is 41.6 Å². The van der Waals surface area contributed by atoms with Gasteiger partial charge < -0.3 is 0 Å². The molecule has 0 radical (unpaired) electrons. The number of hydrogen-bond acceptors (Lipinski definition) is 3. The highest BCUT2D eigenvalue weighted by atomic mass is 32.2. The molecular formula is C11H12N2O2S. The van der Waals surface area contributed by atoms with E-state index in [1.807, 2.05) is 6.07 Å². The van der Waals surface area contributed by atoms with Crippen LogP contribution < -0.4 is 0 Å². The van der Waals surface area contributed by atoms with Gasteiger partial charge in [-0.05, 0) is 12.1 Å². The summed E-state index contributed by atoms with van der Waals surface area (Å²) in [5.74, 6) is 0. The number of hydrogen-bond donors (Lipinski definition) is 0. The van der Waals surface area contributed by atoms with Crippen molar-refractivity contribution in [3.63, 3.8) is 0 Å². The molecule has 84 valence electrons. The molecule has 0 bridgehead atoms. The molecule has 0 unspecified atom stereocenters. The van der Waals surface area contributed by atoms with E-state index in [1.54, 1.807) is 30.6 Å². The fourth-order valence-corrected chi connectivity index (χ4v) is 2.62. The Morgan fingerprint density at radius 3 is 2.62 bits per heavy atom. The van der Waals surface area contributed by atoms with Gasteiger partial charge in [0, 0.05) is 37.3 Å². The van der Waals surface area contributed by atoms with E-state index in [-0.39, 0.29) is 0 Å². The summed E-state index contributed by atoms with van der Waals surface area (Å²) in [4.78, 5) is 4.29. The van der Waals surface area contributed by atoms with E-state index in [0.717, 1.165) is 5.39 Å². The zero-order valence-corrected chi connectivity index (χ0v) is 9.90. The predicted molar refractivity (Wildman–Crippen MR) is 62.6 cm³/mol. The molecule has 16 heavy (non-hydrogen) atoms. The average Bonchev–Trinajstić information content (AvgIpc) is 2.28. The van der Waals surface area contributed by atoms with Crippen molar-refractivity contribution in [3.8, 4) is 0 Å². The highest BCUT2D eigenvalue weighted by molar-refractivity contribution is 7.89. The van der Waals surface area contributed by atoms with Gasteiger partial charge in [0.05, 0.1) is 4.90 Å². The Morgan fingerprint density at radius 2 is 1.94 bits per heavy atom. The van der Waals surface area contributed by atoms with Crippen LogP contribution in [0.3, 0.4) is 0 Å². The fourth-order valence-electron chi connectivity index (χ4n) is 1.51. The molecule has 0 saturated carbocycles. The van der Waals surface area contributed by atoms with Crippen molar-refractivity contribution in [2.45, 2.75) is 4.90 Å². The van der Waals surface area contributed by atoms with Crippen LogP contribution in [0.2, 0.25) is 0 Å². The van der Waals surface area contributed by atoms with Gasteiger partial charge in [-0.3, -0.25) is 4.98 Å². The lowest BCUT2D eigenvalue weighted by Gasteiger charge is -2.13. The second-order valence-electron chi connectivity index (χ2n) is 3.64. The number of aromatic nitrogens is 1. The summed E-state index contributed by atoms with van der Waals surface area (Å²) in [7, 11) is -0.352. The lowest BCUT2D eigenvalue weighted by Crippen LogP contribution is -2.22. The van der Waals surface area contributed by atoms with E-state index in [0.29, 0.717) is 10.3 Å². The summed E-state index contributed by atoms with van der Waals surface area (Å²) in [5.41, 5.74) is 0. The molecule has 1 aromatic carbocycles. The second kappa shape index (κ2) is 3.84. The molecule has 5 heteroatoms. The number of pyridine rings is 1. The molecule has 0 atom stereocenters. The minimum Gasteiger partial charge on any atom is -0.264 e. The first-order chi connectivity index (χ1) is 7.53. The summed E-state index contributed by atoms with van der Waals surface area (Å²) in [6, 6.07) is 6.89. The number of nitrogens with zero attached hydrogens (tertiary/aromatic N) is 2.